The Kier molecular flexibility index (Phi) is 6.32. The highest BCUT2D eigenvalue weighted by atomic mass is 32.2. The molecule has 0 aromatic carbocycles. The van der Waals surface area contributed by atoms with E-state index in [2.05, 4.69) is 28.9 Å². The van der Waals surface area contributed by atoms with E-state index in [0.717, 1.165) is 49.2 Å². The molecule has 0 bridgehead atoms. The van der Waals surface area contributed by atoms with Gasteiger partial charge in [0, 0.05) is 50.7 Å². The maximum Gasteiger partial charge on any atom is 0.256 e. The molecule has 140 valence electrons. The summed E-state index contributed by atoms with van der Waals surface area (Å²) in [7, 11) is 0. The highest BCUT2D eigenvalue weighted by molar-refractivity contribution is 7.98. The van der Waals surface area contributed by atoms with Gasteiger partial charge in [0.2, 0.25) is 0 Å². The fraction of sp³-hybridized carbons (Fsp3) is 0.526. The molecule has 3 rings (SSSR count). The van der Waals surface area contributed by atoms with Crippen LogP contribution in [0.5, 0.6) is 0 Å². The summed E-state index contributed by atoms with van der Waals surface area (Å²) in [5.41, 5.74) is 1.54. The third-order valence-electron chi connectivity index (χ3n) is 4.32. The molecule has 0 spiro atoms. The maximum absolute atomic E-state index is 13.0. The minimum atomic E-state index is 0.0705. The lowest BCUT2D eigenvalue weighted by atomic mass is 10.1. The van der Waals surface area contributed by atoms with Gasteiger partial charge in [-0.15, -0.1) is 0 Å². The van der Waals surface area contributed by atoms with Crippen LogP contribution < -0.4 is 0 Å². The number of carbonyl (C=O) groups is 1. The number of pyridine rings is 1. The van der Waals surface area contributed by atoms with Crippen LogP contribution in [0.1, 0.15) is 35.7 Å². The molecule has 0 radical (unpaired) electrons. The smallest absolute Gasteiger partial charge is 0.256 e. The third-order valence-corrected chi connectivity index (χ3v) is 5.36. The van der Waals surface area contributed by atoms with Gasteiger partial charge in [-0.1, -0.05) is 30.8 Å². The molecule has 1 fully saturated rings. The lowest BCUT2D eigenvalue weighted by Crippen LogP contribution is -2.49. The van der Waals surface area contributed by atoms with E-state index in [1.807, 2.05) is 30.0 Å². The molecule has 2 aromatic heterocycles. The van der Waals surface area contributed by atoms with Crippen LogP contribution in [0.25, 0.3) is 0 Å². The quantitative estimate of drug-likeness (QED) is 0.724. The summed E-state index contributed by atoms with van der Waals surface area (Å²) in [5.74, 6) is 2.15. The zero-order valence-electron chi connectivity index (χ0n) is 15.6. The molecule has 7 heteroatoms. The first-order chi connectivity index (χ1) is 12.5. The molecule has 1 saturated heterocycles. The van der Waals surface area contributed by atoms with Gasteiger partial charge in [-0.05, 0) is 25.0 Å². The summed E-state index contributed by atoms with van der Waals surface area (Å²) >= 11 is 1.52. The van der Waals surface area contributed by atoms with Gasteiger partial charge in [0.1, 0.15) is 10.8 Å². The van der Waals surface area contributed by atoms with E-state index in [1.165, 1.54) is 11.8 Å². The summed E-state index contributed by atoms with van der Waals surface area (Å²) in [6.45, 7) is 10.8. The van der Waals surface area contributed by atoms with Crippen molar-refractivity contribution in [3.8, 4) is 0 Å². The zero-order chi connectivity index (χ0) is 18.5. The second-order valence-electron chi connectivity index (χ2n) is 7.06. The highest BCUT2D eigenvalue weighted by Gasteiger charge is 2.24. The number of hydrogen-bond donors (Lipinski definition) is 0. The standard InChI is InChI=1S/C19H26N4O2S/c1-14(2)12-22-7-9-23(10-8-22)19(24)17-5-4-6-20-18(17)26-13-16-11-15(3)25-21-16/h4-6,11,14H,7-10,12-13H2,1-3H3. The summed E-state index contributed by atoms with van der Waals surface area (Å²) < 4.78 is 5.10. The second-order valence-corrected chi connectivity index (χ2v) is 8.02. The van der Waals surface area contributed by atoms with Gasteiger partial charge in [-0.25, -0.2) is 4.98 Å². The van der Waals surface area contributed by atoms with Gasteiger partial charge in [0.15, 0.2) is 0 Å². The molecule has 0 unspecified atom stereocenters. The van der Waals surface area contributed by atoms with Crippen LogP contribution >= 0.6 is 11.8 Å². The van der Waals surface area contributed by atoms with E-state index < -0.39 is 0 Å². The average Bonchev–Trinajstić information content (AvgIpc) is 3.05. The van der Waals surface area contributed by atoms with Crippen LogP contribution in [-0.2, 0) is 5.75 Å². The molecule has 0 saturated carbocycles. The number of thioether (sulfide) groups is 1. The lowest BCUT2D eigenvalue weighted by Gasteiger charge is -2.35. The van der Waals surface area contributed by atoms with Crippen LogP contribution in [-0.4, -0.2) is 58.6 Å². The zero-order valence-corrected chi connectivity index (χ0v) is 16.5. The Morgan fingerprint density at radius 3 is 2.73 bits per heavy atom. The van der Waals surface area contributed by atoms with Crippen molar-refractivity contribution < 1.29 is 9.32 Å². The Labute approximate surface area is 158 Å². The number of carbonyl (C=O) groups excluding carboxylic acids is 1. The molecular weight excluding hydrogens is 348 g/mol. The van der Waals surface area contributed by atoms with E-state index >= 15 is 0 Å². The van der Waals surface area contributed by atoms with E-state index in [1.54, 1.807) is 6.20 Å². The number of nitrogens with zero attached hydrogens (tertiary/aromatic N) is 4. The van der Waals surface area contributed by atoms with Crippen molar-refractivity contribution in [3.05, 3.63) is 41.4 Å². The molecule has 1 amide bonds. The number of hydrogen-bond acceptors (Lipinski definition) is 6. The van der Waals surface area contributed by atoms with Crippen LogP contribution in [0.3, 0.4) is 0 Å². The molecule has 1 aliphatic heterocycles. The molecule has 1 aliphatic rings. The Bertz CT molecular complexity index is 739. The fourth-order valence-corrected chi connectivity index (χ4v) is 3.98. The van der Waals surface area contributed by atoms with Crippen molar-refractivity contribution in [3.63, 3.8) is 0 Å². The van der Waals surface area contributed by atoms with Crippen molar-refractivity contribution in [2.75, 3.05) is 32.7 Å². The topological polar surface area (TPSA) is 62.5 Å². The van der Waals surface area contributed by atoms with Crippen LogP contribution in [0.2, 0.25) is 0 Å². The van der Waals surface area contributed by atoms with Crippen LogP contribution in [0, 0.1) is 12.8 Å². The monoisotopic (exact) mass is 374 g/mol. The minimum absolute atomic E-state index is 0.0705. The largest absolute Gasteiger partial charge is 0.361 e. The number of aryl methyl sites for hydroxylation is 1. The van der Waals surface area contributed by atoms with Gasteiger partial charge in [0.05, 0.1) is 11.3 Å². The first-order valence-corrected chi connectivity index (χ1v) is 10.0. The van der Waals surface area contributed by atoms with Crippen LogP contribution in [0.4, 0.5) is 0 Å². The number of amides is 1. The van der Waals surface area contributed by atoms with E-state index in [-0.39, 0.29) is 5.91 Å². The van der Waals surface area contributed by atoms with Gasteiger partial charge >= 0.3 is 0 Å². The Morgan fingerprint density at radius 1 is 1.31 bits per heavy atom. The average molecular weight is 375 g/mol. The van der Waals surface area contributed by atoms with Crippen LogP contribution in [0.15, 0.2) is 33.9 Å². The van der Waals surface area contributed by atoms with Gasteiger partial charge in [-0.2, -0.15) is 0 Å². The van der Waals surface area contributed by atoms with Gasteiger partial charge in [-0.3, -0.25) is 9.69 Å². The number of aromatic nitrogens is 2. The van der Waals surface area contributed by atoms with Crippen molar-refractivity contribution in [1.82, 2.24) is 19.9 Å². The molecule has 3 heterocycles. The van der Waals surface area contributed by atoms with Crippen molar-refractivity contribution in [2.45, 2.75) is 31.6 Å². The minimum Gasteiger partial charge on any atom is -0.361 e. The SMILES string of the molecule is Cc1cc(CSc2ncccc2C(=O)N2CCN(CC(C)C)CC2)no1. The normalized spacial score (nSPS) is 15.6. The molecule has 0 N–H and O–H groups in total. The molecule has 2 aromatic rings. The third kappa shape index (κ3) is 4.86. The number of rotatable bonds is 6. The molecule has 6 nitrogen and oxygen atoms in total. The molecule has 0 atom stereocenters. The molecule has 26 heavy (non-hydrogen) atoms. The van der Waals surface area contributed by atoms with Gasteiger partial charge in [0.25, 0.3) is 5.91 Å². The van der Waals surface area contributed by atoms with E-state index in [0.29, 0.717) is 17.2 Å². The summed E-state index contributed by atoms with van der Waals surface area (Å²) in [5, 5.41) is 4.76. The fourth-order valence-electron chi connectivity index (χ4n) is 3.12. The van der Waals surface area contributed by atoms with E-state index in [9.17, 15) is 4.79 Å². The Balaban J connectivity index is 1.62. The predicted molar refractivity (Wildman–Crippen MR) is 102 cm³/mol. The lowest BCUT2D eigenvalue weighted by molar-refractivity contribution is 0.0619. The second kappa shape index (κ2) is 8.68. The van der Waals surface area contributed by atoms with Crippen molar-refractivity contribution in [2.24, 2.45) is 5.92 Å². The summed E-state index contributed by atoms with van der Waals surface area (Å²) in [4.78, 5) is 21.8. The first kappa shape index (κ1) is 18.9. The Hall–Kier alpha value is -1.86. The van der Waals surface area contributed by atoms with Crippen molar-refractivity contribution in [1.29, 1.82) is 0 Å². The number of piperazine rings is 1. The molecule has 0 aliphatic carbocycles. The van der Waals surface area contributed by atoms with Crippen molar-refractivity contribution >= 4 is 17.7 Å². The highest BCUT2D eigenvalue weighted by Crippen LogP contribution is 2.25. The summed E-state index contributed by atoms with van der Waals surface area (Å²) in [6.07, 6.45) is 1.73. The Morgan fingerprint density at radius 2 is 2.08 bits per heavy atom. The predicted octanol–water partition coefficient (Wildman–Crippen LogP) is 3.08. The van der Waals surface area contributed by atoms with Gasteiger partial charge < -0.3 is 9.42 Å². The maximum atomic E-state index is 13.0. The molecular formula is C19H26N4O2S. The summed E-state index contributed by atoms with van der Waals surface area (Å²) in [6, 6.07) is 5.60. The van der Waals surface area contributed by atoms with E-state index in [4.69, 9.17) is 4.52 Å². The first-order valence-electron chi connectivity index (χ1n) is 9.04.